The molecule has 5 N–H and O–H groups in total. The van der Waals surface area contributed by atoms with Gasteiger partial charge in [0, 0.05) is 18.4 Å². The van der Waals surface area contributed by atoms with Gasteiger partial charge < -0.3 is 20.9 Å². The molecule has 0 aliphatic carbocycles. The average Bonchev–Trinajstić information content (AvgIpc) is 2.77. The summed E-state index contributed by atoms with van der Waals surface area (Å²) in [5.41, 5.74) is 8.57. The molecule has 0 bridgehead atoms. The summed E-state index contributed by atoms with van der Waals surface area (Å²) < 4.78 is 6.32. The molecular weight excluding hydrogens is 489 g/mol. The Balaban J connectivity index is 0.000000851. The zero-order valence-electron chi connectivity index (χ0n) is 17.3. The summed E-state index contributed by atoms with van der Waals surface area (Å²) in [5.74, 6) is 0.976. The lowest BCUT2D eigenvalue weighted by Crippen LogP contribution is -2.46. The third kappa shape index (κ3) is 5.55. The standard InChI is InChI=1S/C20H21N3O2.C2H6.CH3I.CH4/c21-19(22)14-6-4-13(5-7-14)15-12-20(8-10-23-11-9-20)25-17-3-1-2-16(24)18(15)17;2*1-2;/h1-7,12,23-24H,8-11H2,(H3,21,22);1-2H3;1H3;1H4. The first-order valence-corrected chi connectivity index (χ1v) is 12.0. The van der Waals surface area contributed by atoms with Crippen molar-refractivity contribution < 1.29 is 9.84 Å². The van der Waals surface area contributed by atoms with E-state index in [-0.39, 0.29) is 24.6 Å². The van der Waals surface area contributed by atoms with Crippen molar-refractivity contribution in [3.63, 3.8) is 0 Å². The van der Waals surface area contributed by atoms with E-state index in [1.54, 1.807) is 6.07 Å². The molecular formula is C24H34IN3O2. The second-order valence-corrected chi connectivity index (χ2v) is 6.62. The van der Waals surface area contributed by atoms with Gasteiger partial charge in [0.15, 0.2) is 0 Å². The normalized spacial score (nSPS) is 15.5. The summed E-state index contributed by atoms with van der Waals surface area (Å²) in [6.45, 7) is 5.81. The molecule has 0 radical (unpaired) electrons. The third-order valence-corrected chi connectivity index (χ3v) is 4.95. The van der Waals surface area contributed by atoms with Gasteiger partial charge in [0.05, 0.1) is 5.56 Å². The Labute approximate surface area is 194 Å². The Morgan fingerprint density at radius 3 is 2.27 bits per heavy atom. The number of nitrogens with one attached hydrogen (secondary N) is 2. The van der Waals surface area contributed by atoms with Crippen LogP contribution in [0.25, 0.3) is 5.57 Å². The maximum absolute atomic E-state index is 10.4. The van der Waals surface area contributed by atoms with Gasteiger partial charge in [-0.05, 0) is 47.4 Å². The summed E-state index contributed by atoms with van der Waals surface area (Å²) in [7, 11) is 0. The van der Waals surface area contributed by atoms with Crippen LogP contribution in [0.3, 0.4) is 0 Å². The zero-order chi connectivity index (χ0) is 21.4. The first-order valence-electron chi connectivity index (χ1n) is 9.86. The highest BCUT2D eigenvalue weighted by Crippen LogP contribution is 2.46. The van der Waals surface area contributed by atoms with E-state index in [4.69, 9.17) is 15.9 Å². The van der Waals surface area contributed by atoms with Crippen molar-refractivity contribution in [1.29, 1.82) is 5.41 Å². The van der Waals surface area contributed by atoms with Crippen LogP contribution >= 0.6 is 22.6 Å². The molecule has 1 fully saturated rings. The van der Waals surface area contributed by atoms with Gasteiger partial charge >= 0.3 is 0 Å². The largest absolute Gasteiger partial charge is 0.507 e. The number of amidine groups is 1. The molecule has 2 aromatic rings. The van der Waals surface area contributed by atoms with Crippen molar-refractivity contribution >= 4 is 34.0 Å². The minimum absolute atomic E-state index is 0. The lowest BCUT2D eigenvalue weighted by Gasteiger charge is -2.40. The van der Waals surface area contributed by atoms with Crippen LogP contribution in [0.4, 0.5) is 0 Å². The highest BCUT2D eigenvalue weighted by Gasteiger charge is 2.37. The molecule has 2 aliphatic rings. The minimum Gasteiger partial charge on any atom is -0.507 e. The lowest BCUT2D eigenvalue weighted by molar-refractivity contribution is 0.0813. The van der Waals surface area contributed by atoms with Crippen LogP contribution in [0, 0.1) is 5.41 Å². The molecule has 0 aromatic heterocycles. The maximum Gasteiger partial charge on any atom is 0.132 e. The quantitative estimate of drug-likeness (QED) is 0.185. The molecule has 5 nitrogen and oxygen atoms in total. The van der Waals surface area contributed by atoms with E-state index in [2.05, 4.69) is 34.0 Å². The molecule has 1 saturated heterocycles. The summed E-state index contributed by atoms with van der Waals surface area (Å²) in [6.07, 6.45) is 3.92. The summed E-state index contributed by atoms with van der Waals surface area (Å²) >= 11 is 2.15. The smallest absolute Gasteiger partial charge is 0.132 e. The van der Waals surface area contributed by atoms with Crippen molar-refractivity contribution in [2.75, 3.05) is 18.0 Å². The Morgan fingerprint density at radius 2 is 1.70 bits per heavy atom. The molecule has 4 rings (SSSR count). The molecule has 1 spiro atoms. The van der Waals surface area contributed by atoms with Crippen molar-refractivity contribution in [3.8, 4) is 11.5 Å². The Morgan fingerprint density at radius 1 is 1.10 bits per heavy atom. The first-order chi connectivity index (χ1) is 14.1. The molecule has 164 valence electrons. The van der Waals surface area contributed by atoms with Crippen LogP contribution in [0.15, 0.2) is 48.5 Å². The van der Waals surface area contributed by atoms with Gasteiger partial charge in [-0.15, -0.1) is 0 Å². The fraction of sp³-hybridized carbons (Fsp3) is 0.375. The number of aromatic hydroxyl groups is 1. The van der Waals surface area contributed by atoms with Crippen LogP contribution in [0.1, 0.15) is 50.8 Å². The number of rotatable bonds is 2. The van der Waals surface area contributed by atoms with Crippen LogP contribution in [0.5, 0.6) is 11.5 Å². The molecule has 0 unspecified atom stereocenters. The monoisotopic (exact) mass is 523 g/mol. The number of alkyl halides is 1. The van der Waals surface area contributed by atoms with Crippen LogP contribution in [-0.2, 0) is 0 Å². The molecule has 6 heteroatoms. The third-order valence-electron chi connectivity index (χ3n) is 4.95. The first kappa shape index (κ1) is 26.0. The molecule has 2 heterocycles. The van der Waals surface area contributed by atoms with Crippen LogP contribution in [0.2, 0.25) is 0 Å². The van der Waals surface area contributed by atoms with Gasteiger partial charge in [0.1, 0.15) is 22.9 Å². The number of phenols is 1. The molecule has 2 aromatic carbocycles. The number of nitrogen functional groups attached to an aromatic ring is 1. The van der Waals surface area contributed by atoms with E-state index in [0.29, 0.717) is 5.56 Å². The van der Waals surface area contributed by atoms with Crippen molar-refractivity contribution in [2.45, 2.75) is 39.7 Å². The Kier molecular flexibility index (Phi) is 10.4. The van der Waals surface area contributed by atoms with Crippen LogP contribution < -0.4 is 15.8 Å². The fourth-order valence-electron chi connectivity index (χ4n) is 3.61. The van der Waals surface area contributed by atoms with Gasteiger partial charge in [0.2, 0.25) is 0 Å². The highest BCUT2D eigenvalue weighted by atomic mass is 127. The number of fused-ring (bicyclic) bond motifs is 1. The van der Waals surface area contributed by atoms with E-state index in [9.17, 15) is 5.11 Å². The number of hydrogen-bond donors (Lipinski definition) is 4. The van der Waals surface area contributed by atoms with Crippen molar-refractivity contribution in [2.24, 2.45) is 5.73 Å². The summed E-state index contributed by atoms with van der Waals surface area (Å²) in [5, 5.41) is 21.4. The fourth-order valence-corrected chi connectivity index (χ4v) is 3.61. The lowest BCUT2D eigenvalue weighted by atomic mass is 9.83. The maximum atomic E-state index is 10.4. The number of piperidine rings is 1. The van der Waals surface area contributed by atoms with E-state index in [1.165, 1.54) is 0 Å². The summed E-state index contributed by atoms with van der Waals surface area (Å²) in [6, 6.07) is 13.0. The van der Waals surface area contributed by atoms with E-state index in [0.717, 1.165) is 48.4 Å². The van der Waals surface area contributed by atoms with Crippen molar-refractivity contribution in [1.82, 2.24) is 5.32 Å². The van der Waals surface area contributed by atoms with Crippen LogP contribution in [-0.4, -0.2) is 34.6 Å². The predicted octanol–water partition coefficient (Wildman–Crippen LogP) is 5.34. The van der Waals surface area contributed by atoms with E-state index >= 15 is 0 Å². The van der Waals surface area contributed by atoms with Crippen molar-refractivity contribution in [3.05, 3.63) is 65.2 Å². The molecule has 30 heavy (non-hydrogen) atoms. The van der Waals surface area contributed by atoms with E-state index in [1.807, 2.05) is 55.2 Å². The zero-order valence-corrected chi connectivity index (χ0v) is 19.4. The molecule has 0 atom stereocenters. The molecule has 0 amide bonds. The van der Waals surface area contributed by atoms with Gasteiger partial charge in [-0.1, -0.05) is 74.2 Å². The average molecular weight is 523 g/mol. The SMILES string of the molecule is C.CC.CI.N=C(N)c1ccc(C2=CC3(CCNCC3)Oc3cccc(O)c32)cc1. The number of hydrogen-bond acceptors (Lipinski definition) is 4. The van der Waals surface area contributed by atoms with Gasteiger partial charge in [-0.3, -0.25) is 5.41 Å². The summed E-state index contributed by atoms with van der Waals surface area (Å²) in [4.78, 5) is 1.97. The number of benzene rings is 2. The predicted molar refractivity (Wildman–Crippen MR) is 136 cm³/mol. The minimum atomic E-state index is -0.347. The second kappa shape index (κ2) is 12.0. The molecule has 0 saturated carbocycles. The Hall–Kier alpha value is -2.06. The van der Waals surface area contributed by atoms with Gasteiger partial charge in [0.25, 0.3) is 0 Å². The number of nitrogens with two attached hydrogens (primary N) is 1. The topological polar surface area (TPSA) is 91.4 Å². The number of ether oxygens (including phenoxy) is 1. The molecule has 2 aliphatic heterocycles. The highest BCUT2D eigenvalue weighted by molar-refractivity contribution is 14.1. The number of halogens is 1. The second-order valence-electron chi connectivity index (χ2n) is 6.62. The number of phenolic OH excluding ortho intramolecular Hbond substituents is 1. The Bertz CT molecular complexity index is 857. The van der Waals surface area contributed by atoms with Gasteiger partial charge in [-0.2, -0.15) is 0 Å². The van der Waals surface area contributed by atoms with E-state index < -0.39 is 0 Å². The van der Waals surface area contributed by atoms with Gasteiger partial charge in [-0.25, -0.2) is 0 Å².